The number of aromatic nitrogens is 4. The van der Waals surface area contributed by atoms with Gasteiger partial charge in [0.2, 0.25) is 0 Å². The molecule has 3 aromatic rings. The van der Waals surface area contributed by atoms with E-state index in [0.29, 0.717) is 12.4 Å². The van der Waals surface area contributed by atoms with Crippen LogP contribution < -0.4 is 4.90 Å². The van der Waals surface area contributed by atoms with Crippen molar-refractivity contribution in [3.05, 3.63) is 71.8 Å². The van der Waals surface area contributed by atoms with E-state index >= 15 is 0 Å². The second kappa shape index (κ2) is 9.12. The normalized spacial score (nSPS) is 17.1. The van der Waals surface area contributed by atoms with E-state index in [1.165, 1.54) is 12.1 Å². The van der Waals surface area contributed by atoms with E-state index < -0.39 is 0 Å². The lowest BCUT2D eigenvalue weighted by atomic mass is 10.0. The van der Waals surface area contributed by atoms with Crippen LogP contribution in [-0.2, 0) is 11.3 Å². The van der Waals surface area contributed by atoms with E-state index in [1.807, 2.05) is 42.1 Å². The Kier molecular flexibility index (Phi) is 6.59. The Labute approximate surface area is 169 Å². The number of rotatable bonds is 6. The summed E-state index contributed by atoms with van der Waals surface area (Å²) in [6, 6.07) is 16.3. The van der Waals surface area contributed by atoms with Crippen LogP contribution in [0.2, 0.25) is 0 Å². The van der Waals surface area contributed by atoms with Gasteiger partial charge in [-0.25, -0.2) is 9.07 Å². The summed E-state index contributed by atoms with van der Waals surface area (Å²) < 4.78 is 21.0. The van der Waals surface area contributed by atoms with Crippen LogP contribution in [0.4, 0.5) is 10.1 Å². The summed E-state index contributed by atoms with van der Waals surface area (Å²) in [6.07, 6.45) is 2.20. The average Bonchev–Trinajstić information content (AvgIpc) is 3.37. The van der Waals surface area contributed by atoms with Gasteiger partial charge in [0.05, 0.1) is 12.6 Å². The molecule has 1 aliphatic heterocycles. The molecule has 0 amide bonds. The van der Waals surface area contributed by atoms with Crippen molar-refractivity contribution < 1.29 is 9.13 Å². The Hall–Kier alpha value is -2.51. The first-order valence-electron chi connectivity index (χ1n) is 9.13. The monoisotopic (exact) mass is 403 g/mol. The van der Waals surface area contributed by atoms with Crippen LogP contribution in [0.1, 0.15) is 30.3 Å². The summed E-state index contributed by atoms with van der Waals surface area (Å²) in [4.78, 5) is 2.10. The van der Waals surface area contributed by atoms with E-state index in [1.54, 1.807) is 12.1 Å². The van der Waals surface area contributed by atoms with E-state index in [0.717, 1.165) is 30.7 Å². The largest absolute Gasteiger partial charge is 0.376 e. The molecule has 148 valence electrons. The highest BCUT2D eigenvalue weighted by molar-refractivity contribution is 5.85. The van der Waals surface area contributed by atoms with Crippen LogP contribution in [0.15, 0.2) is 54.6 Å². The second-order valence-electron chi connectivity index (χ2n) is 6.75. The zero-order valence-electron chi connectivity index (χ0n) is 15.6. The first-order chi connectivity index (χ1) is 13.2. The lowest BCUT2D eigenvalue weighted by Gasteiger charge is -2.30. The van der Waals surface area contributed by atoms with Gasteiger partial charge >= 0.3 is 0 Å². The maximum absolute atomic E-state index is 13.5. The molecule has 0 spiro atoms. The molecule has 2 aromatic carbocycles. The third kappa shape index (κ3) is 4.31. The first-order valence-corrected chi connectivity index (χ1v) is 9.13. The van der Waals surface area contributed by atoms with Crippen LogP contribution in [0.3, 0.4) is 0 Å². The molecule has 2 unspecified atom stereocenters. The molecule has 0 radical (unpaired) electrons. The standard InChI is InChI=1S/C20H22FN5O.ClH/c1-25(17-6-3-2-4-7-17)19(15-9-11-16(21)12-10-15)20-22-23-24-26(20)14-18-8-5-13-27-18;/h2-4,6-7,9-12,18-19H,5,8,13-14H2,1H3;1H. The SMILES string of the molecule is CN(c1ccccc1)C(c1ccc(F)cc1)c1nnnn1CC1CCCO1.Cl. The summed E-state index contributed by atoms with van der Waals surface area (Å²) in [5.74, 6) is 0.447. The number of benzene rings is 2. The predicted octanol–water partition coefficient (Wildman–Crippen LogP) is 3.64. The van der Waals surface area contributed by atoms with Gasteiger partial charge in [-0.05, 0) is 53.1 Å². The molecule has 0 aliphatic carbocycles. The van der Waals surface area contributed by atoms with E-state index in [-0.39, 0.29) is 30.4 Å². The molecule has 4 rings (SSSR count). The van der Waals surface area contributed by atoms with Gasteiger partial charge in [0, 0.05) is 19.3 Å². The molecule has 0 saturated carbocycles. The van der Waals surface area contributed by atoms with Crippen molar-refractivity contribution in [3.63, 3.8) is 0 Å². The van der Waals surface area contributed by atoms with Crippen LogP contribution in [0.5, 0.6) is 0 Å². The van der Waals surface area contributed by atoms with Gasteiger partial charge in [-0.1, -0.05) is 30.3 Å². The van der Waals surface area contributed by atoms with Gasteiger partial charge in [0.15, 0.2) is 5.82 Å². The highest BCUT2D eigenvalue weighted by Gasteiger charge is 2.28. The number of anilines is 1. The topological polar surface area (TPSA) is 56.1 Å². The molecule has 1 aromatic heterocycles. The van der Waals surface area contributed by atoms with E-state index in [2.05, 4.69) is 20.4 Å². The molecule has 28 heavy (non-hydrogen) atoms. The minimum Gasteiger partial charge on any atom is -0.376 e. The Balaban J connectivity index is 0.00000225. The minimum absolute atomic E-state index is 0. The molecular formula is C20H23ClFN5O. The molecule has 2 heterocycles. The summed E-state index contributed by atoms with van der Waals surface area (Å²) in [7, 11) is 1.99. The van der Waals surface area contributed by atoms with Gasteiger partial charge in [0.1, 0.15) is 11.9 Å². The van der Waals surface area contributed by atoms with Crippen molar-refractivity contribution in [2.75, 3.05) is 18.6 Å². The number of tetrazole rings is 1. The Morgan fingerprint density at radius 1 is 1.18 bits per heavy atom. The molecule has 0 N–H and O–H groups in total. The molecule has 8 heteroatoms. The predicted molar refractivity (Wildman–Crippen MR) is 107 cm³/mol. The fourth-order valence-corrected chi connectivity index (χ4v) is 3.52. The van der Waals surface area contributed by atoms with Crippen molar-refractivity contribution in [1.29, 1.82) is 0 Å². The number of halogens is 2. The van der Waals surface area contributed by atoms with Crippen LogP contribution in [-0.4, -0.2) is 40.0 Å². The number of hydrogen-bond donors (Lipinski definition) is 0. The second-order valence-corrected chi connectivity index (χ2v) is 6.75. The van der Waals surface area contributed by atoms with Crippen molar-refractivity contribution >= 4 is 18.1 Å². The van der Waals surface area contributed by atoms with Crippen LogP contribution in [0, 0.1) is 5.82 Å². The van der Waals surface area contributed by atoms with Crippen molar-refractivity contribution in [3.8, 4) is 0 Å². The first kappa shape index (κ1) is 20.2. The number of nitrogens with zero attached hydrogens (tertiary/aromatic N) is 5. The number of para-hydroxylation sites is 1. The van der Waals surface area contributed by atoms with Crippen molar-refractivity contribution in [1.82, 2.24) is 20.2 Å². The van der Waals surface area contributed by atoms with E-state index in [4.69, 9.17) is 4.74 Å². The van der Waals surface area contributed by atoms with Crippen LogP contribution >= 0.6 is 12.4 Å². The third-order valence-electron chi connectivity index (χ3n) is 4.94. The molecule has 1 aliphatic rings. The van der Waals surface area contributed by atoms with Gasteiger partial charge < -0.3 is 9.64 Å². The number of hydrogen-bond acceptors (Lipinski definition) is 5. The summed E-state index contributed by atoms with van der Waals surface area (Å²) >= 11 is 0. The molecular weight excluding hydrogens is 381 g/mol. The third-order valence-corrected chi connectivity index (χ3v) is 4.94. The highest BCUT2D eigenvalue weighted by Crippen LogP contribution is 2.30. The van der Waals surface area contributed by atoms with Crippen molar-refractivity contribution in [2.45, 2.75) is 31.5 Å². The fourth-order valence-electron chi connectivity index (χ4n) is 3.52. The molecule has 6 nitrogen and oxygen atoms in total. The van der Waals surface area contributed by atoms with Gasteiger partial charge in [-0.2, -0.15) is 0 Å². The Morgan fingerprint density at radius 3 is 2.61 bits per heavy atom. The zero-order chi connectivity index (χ0) is 18.6. The minimum atomic E-state index is -0.265. The smallest absolute Gasteiger partial charge is 0.178 e. The Morgan fingerprint density at radius 2 is 1.93 bits per heavy atom. The van der Waals surface area contributed by atoms with Crippen molar-refractivity contribution in [2.24, 2.45) is 0 Å². The molecule has 1 fully saturated rings. The highest BCUT2D eigenvalue weighted by atomic mass is 35.5. The van der Waals surface area contributed by atoms with Gasteiger partial charge in [-0.15, -0.1) is 17.5 Å². The maximum Gasteiger partial charge on any atom is 0.178 e. The van der Waals surface area contributed by atoms with Gasteiger partial charge in [0.25, 0.3) is 0 Å². The summed E-state index contributed by atoms with van der Waals surface area (Å²) in [6.45, 7) is 1.40. The quantitative estimate of drug-likeness (QED) is 0.629. The molecule has 2 atom stereocenters. The van der Waals surface area contributed by atoms with Crippen LogP contribution in [0.25, 0.3) is 0 Å². The molecule has 0 bridgehead atoms. The van der Waals surface area contributed by atoms with Gasteiger partial charge in [-0.3, -0.25) is 0 Å². The summed E-state index contributed by atoms with van der Waals surface area (Å²) in [5, 5.41) is 12.4. The van der Waals surface area contributed by atoms with E-state index in [9.17, 15) is 4.39 Å². The lowest BCUT2D eigenvalue weighted by molar-refractivity contribution is 0.0924. The summed E-state index contributed by atoms with van der Waals surface area (Å²) in [5.41, 5.74) is 1.95. The lowest BCUT2D eigenvalue weighted by Crippen LogP contribution is -2.29. The maximum atomic E-state index is 13.5. The average molecular weight is 404 g/mol. The Bertz CT molecular complexity index is 868. The molecule has 1 saturated heterocycles. The zero-order valence-corrected chi connectivity index (χ0v) is 16.4. The number of ether oxygens (including phenoxy) is 1. The fraction of sp³-hybridized carbons (Fsp3) is 0.350.